The largest absolute Gasteiger partial charge is 0.496 e. The number of piperidine rings is 1. The number of anilines is 1. The molecule has 3 aromatic rings. The van der Waals surface area contributed by atoms with Crippen molar-refractivity contribution in [1.82, 2.24) is 10.1 Å². The van der Waals surface area contributed by atoms with Crippen molar-refractivity contribution in [3.8, 4) is 17.1 Å². The van der Waals surface area contributed by atoms with Crippen LogP contribution in [0.2, 0.25) is 0 Å². The molecule has 0 bridgehead atoms. The van der Waals surface area contributed by atoms with Gasteiger partial charge in [0, 0.05) is 18.8 Å². The third-order valence-corrected chi connectivity index (χ3v) is 5.16. The minimum atomic E-state index is 0.280. The molecule has 0 amide bonds. The number of rotatable bonds is 5. The highest BCUT2D eigenvalue weighted by Gasteiger charge is 2.15. The van der Waals surface area contributed by atoms with E-state index in [4.69, 9.17) is 20.9 Å². The summed E-state index contributed by atoms with van der Waals surface area (Å²) in [6, 6.07) is 15.9. The molecule has 0 atom stereocenters. The number of halogens is 1. The first-order valence-corrected chi connectivity index (χ1v) is 9.82. The van der Waals surface area contributed by atoms with Crippen molar-refractivity contribution in [2.24, 2.45) is 0 Å². The van der Waals surface area contributed by atoms with Crippen LogP contribution in [0.4, 0.5) is 5.69 Å². The fraction of sp³-hybridized carbons (Fsp3) is 0.273. The molecule has 4 rings (SSSR count). The summed E-state index contributed by atoms with van der Waals surface area (Å²) >= 11 is 6.43. The molecule has 1 saturated heterocycles. The molecule has 1 aliphatic rings. The molecule has 5 nitrogen and oxygen atoms in total. The van der Waals surface area contributed by atoms with Crippen LogP contribution < -0.4 is 9.64 Å². The SMILES string of the molecule is COc1ccccc1-c1noc(/C(Cl)=C/c2ccc(N3CCCCC3)cc2)n1. The van der Waals surface area contributed by atoms with Gasteiger partial charge in [0.15, 0.2) is 0 Å². The maximum atomic E-state index is 6.43. The van der Waals surface area contributed by atoms with Crippen molar-refractivity contribution in [1.29, 1.82) is 0 Å². The van der Waals surface area contributed by atoms with Crippen LogP contribution >= 0.6 is 11.6 Å². The molecule has 2 heterocycles. The maximum absolute atomic E-state index is 6.43. The average molecular weight is 396 g/mol. The Balaban J connectivity index is 1.52. The first-order chi connectivity index (χ1) is 13.7. The summed E-state index contributed by atoms with van der Waals surface area (Å²) in [6.07, 6.45) is 5.69. The molecule has 6 heteroatoms. The fourth-order valence-corrected chi connectivity index (χ4v) is 3.60. The van der Waals surface area contributed by atoms with E-state index in [1.165, 1.54) is 24.9 Å². The van der Waals surface area contributed by atoms with Gasteiger partial charge in [0.25, 0.3) is 5.89 Å². The van der Waals surface area contributed by atoms with Crippen molar-refractivity contribution in [3.63, 3.8) is 0 Å². The van der Waals surface area contributed by atoms with Crippen molar-refractivity contribution in [3.05, 3.63) is 60.0 Å². The second-order valence-electron chi connectivity index (χ2n) is 6.75. The van der Waals surface area contributed by atoms with Gasteiger partial charge in [-0.15, -0.1) is 0 Å². The highest BCUT2D eigenvalue weighted by Crippen LogP contribution is 2.30. The smallest absolute Gasteiger partial charge is 0.269 e. The van der Waals surface area contributed by atoms with E-state index < -0.39 is 0 Å². The summed E-state index contributed by atoms with van der Waals surface area (Å²) in [7, 11) is 1.61. The normalized spacial score (nSPS) is 14.9. The Bertz CT molecular complexity index is 960. The summed E-state index contributed by atoms with van der Waals surface area (Å²) in [5.74, 6) is 1.41. The Morgan fingerprint density at radius 1 is 1.07 bits per heavy atom. The highest BCUT2D eigenvalue weighted by molar-refractivity contribution is 6.50. The minimum absolute atomic E-state index is 0.280. The van der Waals surface area contributed by atoms with Crippen LogP contribution in [0.25, 0.3) is 22.5 Å². The number of ether oxygens (including phenoxy) is 1. The molecular weight excluding hydrogens is 374 g/mol. The van der Waals surface area contributed by atoms with Gasteiger partial charge in [0.2, 0.25) is 5.82 Å². The number of hydrogen-bond acceptors (Lipinski definition) is 5. The van der Waals surface area contributed by atoms with Crippen molar-refractivity contribution < 1.29 is 9.26 Å². The zero-order chi connectivity index (χ0) is 19.3. The number of nitrogens with zero attached hydrogens (tertiary/aromatic N) is 3. The maximum Gasteiger partial charge on any atom is 0.269 e. The van der Waals surface area contributed by atoms with E-state index >= 15 is 0 Å². The van der Waals surface area contributed by atoms with Crippen molar-refractivity contribution in [2.45, 2.75) is 19.3 Å². The molecule has 144 valence electrons. The lowest BCUT2D eigenvalue weighted by atomic mass is 10.1. The number of benzene rings is 2. The van der Waals surface area contributed by atoms with E-state index in [0.29, 0.717) is 16.6 Å². The van der Waals surface area contributed by atoms with Crippen LogP contribution in [0, 0.1) is 0 Å². The molecule has 0 radical (unpaired) electrons. The standard InChI is InChI=1S/C22H22ClN3O2/c1-27-20-8-4-3-7-18(20)21-24-22(28-25-21)19(23)15-16-9-11-17(12-10-16)26-13-5-2-6-14-26/h3-4,7-12,15H,2,5-6,13-14H2,1H3/b19-15-. The molecule has 28 heavy (non-hydrogen) atoms. The Morgan fingerprint density at radius 3 is 2.57 bits per heavy atom. The monoisotopic (exact) mass is 395 g/mol. The van der Waals surface area contributed by atoms with Gasteiger partial charge in [-0.1, -0.05) is 41.0 Å². The van der Waals surface area contributed by atoms with Crippen LogP contribution in [0.1, 0.15) is 30.7 Å². The van der Waals surface area contributed by atoms with Gasteiger partial charge >= 0.3 is 0 Å². The van der Waals surface area contributed by atoms with Crippen molar-refractivity contribution >= 4 is 28.4 Å². The molecule has 0 aliphatic carbocycles. The molecule has 0 N–H and O–H groups in total. The van der Waals surface area contributed by atoms with Gasteiger partial charge < -0.3 is 14.2 Å². The van der Waals surface area contributed by atoms with E-state index in [0.717, 1.165) is 24.2 Å². The Hall–Kier alpha value is -2.79. The molecule has 2 aromatic carbocycles. The van der Waals surface area contributed by atoms with Gasteiger partial charge in [-0.2, -0.15) is 4.98 Å². The Morgan fingerprint density at radius 2 is 1.82 bits per heavy atom. The number of methoxy groups -OCH3 is 1. The first-order valence-electron chi connectivity index (χ1n) is 9.44. The second kappa shape index (κ2) is 8.48. The summed E-state index contributed by atoms with van der Waals surface area (Å²) < 4.78 is 10.7. The molecule has 0 unspecified atom stereocenters. The molecule has 0 spiro atoms. The molecule has 0 saturated carbocycles. The third kappa shape index (κ3) is 4.04. The van der Waals surface area contributed by atoms with Crippen LogP contribution in [-0.4, -0.2) is 30.3 Å². The van der Waals surface area contributed by atoms with E-state index in [1.807, 2.05) is 30.3 Å². The summed E-state index contributed by atoms with van der Waals surface area (Å²) in [5.41, 5.74) is 3.00. The second-order valence-corrected chi connectivity index (χ2v) is 7.16. The topological polar surface area (TPSA) is 51.4 Å². The summed E-state index contributed by atoms with van der Waals surface area (Å²) in [4.78, 5) is 6.84. The van der Waals surface area contributed by atoms with Crippen LogP contribution in [0.5, 0.6) is 5.75 Å². The lowest BCUT2D eigenvalue weighted by molar-refractivity contribution is 0.406. The average Bonchev–Trinajstić information content (AvgIpc) is 3.25. The van der Waals surface area contributed by atoms with E-state index in [2.05, 4.69) is 39.3 Å². The van der Waals surface area contributed by atoms with E-state index in [-0.39, 0.29) is 5.89 Å². The minimum Gasteiger partial charge on any atom is -0.496 e. The number of aromatic nitrogens is 2. The molecule has 1 aromatic heterocycles. The van der Waals surface area contributed by atoms with Gasteiger partial charge in [-0.25, -0.2) is 0 Å². The zero-order valence-corrected chi connectivity index (χ0v) is 16.5. The van der Waals surface area contributed by atoms with Crippen LogP contribution in [0.15, 0.2) is 53.1 Å². The highest BCUT2D eigenvalue weighted by atomic mass is 35.5. The molecule has 1 fully saturated rings. The zero-order valence-electron chi connectivity index (χ0n) is 15.8. The number of para-hydroxylation sites is 1. The van der Waals surface area contributed by atoms with Gasteiger partial charge in [0.05, 0.1) is 12.7 Å². The lowest BCUT2D eigenvalue weighted by Crippen LogP contribution is -2.29. The van der Waals surface area contributed by atoms with Gasteiger partial charge in [-0.3, -0.25) is 0 Å². The lowest BCUT2D eigenvalue weighted by Gasteiger charge is -2.28. The Kier molecular flexibility index (Phi) is 5.63. The summed E-state index contributed by atoms with van der Waals surface area (Å²) in [5, 5.41) is 4.44. The van der Waals surface area contributed by atoms with E-state index in [9.17, 15) is 0 Å². The quantitative estimate of drug-likeness (QED) is 0.573. The van der Waals surface area contributed by atoms with Gasteiger partial charge in [0.1, 0.15) is 10.8 Å². The molecular formula is C22H22ClN3O2. The molecule has 1 aliphatic heterocycles. The first kappa shape index (κ1) is 18.6. The predicted molar refractivity (Wildman–Crippen MR) is 113 cm³/mol. The number of hydrogen-bond donors (Lipinski definition) is 0. The predicted octanol–water partition coefficient (Wildman–Crippen LogP) is 5.47. The summed E-state index contributed by atoms with van der Waals surface area (Å²) in [6.45, 7) is 2.26. The Labute approximate surface area is 169 Å². The van der Waals surface area contributed by atoms with Gasteiger partial charge in [-0.05, 0) is 55.2 Å². The van der Waals surface area contributed by atoms with Crippen LogP contribution in [0.3, 0.4) is 0 Å². The van der Waals surface area contributed by atoms with E-state index in [1.54, 1.807) is 7.11 Å². The third-order valence-electron chi connectivity index (χ3n) is 4.89. The fourth-order valence-electron chi connectivity index (χ4n) is 3.40. The van der Waals surface area contributed by atoms with Crippen LogP contribution in [-0.2, 0) is 0 Å². The van der Waals surface area contributed by atoms with Crippen molar-refractivity contribution in [2.75, 3.05) is 25.1 Å².